The highest BCUT2D eigenvalue weighted by molar-refractivity contribution is 5.97. The number of hydrogen-bond acceptors (Lipinski definition) is 3. The molecule has 104 valence electrons. The molecule has 1 aliphatic rings. The van der Waals surface area contributed by atoms with E-state index in [0.29, 0.717) is 12.6 Å². The van der Waals surface area contributed by atoms with E-state index in [4.69, 9.17) is 0 Å². The summed E-state index contributed by atoms with van der Waals surface area (Å²) in [6.07, 6.45) is 2.42. The molecule has 1 heterocycles. The van der Waals surface area contributed by atoms with Crippen LogP contribution in [-0.2, 0) is 0 Å². The van der Waals surface area contributed by atoms with E-state index < -0.39 is 0 Å². The van der Waals surface area contributed by atoms with Crippen LogP contribution in [0, 0.1) is 6.92 Å². The third-order valence-electron chi connectivity index (χ3n) is 3.80. The van der Waals surface area contributed by atoms with Crippen LogP contribution in [0.2, 0.25) is 0 Å². The minimum Gasteiger partial charge on any atom is -0.308 e. The molecule has 0 aromatic heterocycles. The van der Waals surface area contributed by atoms with Crippen LogP contribution >= 0.6 is 0 Å². The van der Waals surface area contributed by atoms with E-state index in [0.717, 1.165) is 18.7 Å². The Morgan fingerprint density at radius 1 is 1.32 bits per heavy atom. The van der Waals surface area contributed by atoms with Crippen molar-refractivity contribution in [1.82, 2.24) is 9.80 Å². The molecule has 1 saturated heterocycles. The molecule has 1 aliphatic heterocycles. The van der Waals surface area contributed by atoms with Gasteiger partial charge in [-0.25, -0.2) is 0 Å². The second-order valence-electron chi connectivity index (χ2n) is 5.82. The average Bonchev–Trinajstić information content (AvgIpc) is 2.76. The van der Waals surface area contributed by atoms with Crippen LogP contribution in [0.5, 0.6) is 0 Å². The number of carbonyl (C=O) groups excluding carboxylic acids is 1. The molecule has 1 unspecified atom stereocenters. The maximum absolute atomic E-state index is 12.3. The smallest absolute Gasteiger partial charge is 0.176 e. The van der Waals surface area contributed by atoms with Crippen molar-refractivity contribution >= 4 is 5.78 Å². The fourth-order valence-corrected chi connectivity index (χ4v) is 2.75. The monoisotopic (exact) mass is 260 g/mol. The molecule has 1 atom stereocenters. The first-order chi connectivity index (χ1) is 9.06. The number of aryl methyl sites for hydroxylation is 1. The van der Waals surface area contributed by atoms with Gasteiger partial charge in [0, 0.05) is 18.2 Å². The maximum Gasteiger partial charge on any atom is 0.176 e. The summed E-state index contributed by atoms with van der Waals surface area (Å²) in [5, 5.41) is 0. The first kappa shape index (κ1) is 14.2. The Balaban J connectivity index is 1.96. The molecule has 19 heavy (non-hydrogen) atoms. The van der Waals surface area contributed by atoms with Gasteiger partial charge in [-0.1, -0.05) is 29.8 Å². The highest BCUT2D eigenvalue weighted by Gasteiger charge is 2.26. The number of ketones is 1. The number of nitrogens with zero attached hydrogens (tertiary/aromatic N) is 2. The minimum atomic E-state index is 0.241. The van der Waals surface area contributed by atoms with Crippen LogP contribution in [0.1, 0.15) is 28.8 Å². The highest BCUT2D eigenvalue weighted by atomic mass is 16.1. The molecule has 1 fully saturated rings. The SMILES string of the molecule is Cc1ccc(C(=O)CN2CCCC2CN(C)C)cc1. The van der Waals surface area contributed by atoms with E-state index in [1.165, 1.54) is 18.4 Å². The first-order valence-corrected chi connectivity index (χ1v) is 7.05. The largest absolute Gasteiger partial charge is 0.308 e. The minimum absolute atomic E-state index is 0.241. The van der Waals surface area contributed by atoms with Gasteiger partial charge in [-0.2, -0.15) is 0 Å². The highest BCUT2D eigenvalue weighted by Crippen LogP contribution is 2.18. The van der Waals surface area contributed by atoms with Crippen LogP contribution < -0.4 is 0 Å². The molecule has 1 aromatic carbocycles. The Bertz CT molecular complexity index is 425. The maximum atomic E-state index is 12.3. The summed E-state index contributed by atoms with van der Waals surface area (Å²) >= 11 is 0. The second-order valence-corrected chi connectivity index (χ2v) is 5.82. The molecule has 0 bridgehead atoms. The lowest BCUT2D eigenvalue weighted by Gasteiger charge is -2.26. The quantitative estimate of drug-likeness (QED) is 0.758. The predicted molar refractivity (Wildman–Crippen MR) is 78.7 cm³/mol. The van der Waals surface area contributed by atoms with Crippen LogP contribution in [0.4, 0.5) is 0 Å². The Kier molecular flexibility index (Phi) is 4.72. The average molecular weight is 260 g/mol. The summed E-state index contributed by atoms with van der Waals surface area (Å²) in [6.45, 7) is 4.70. The molecule has 1 aromatic rings. The number of rotatable bonds is 5. The Hall–Kier alpha value is -1.19. The van der Waals surface area contributed by atoms with Crippen LogP contribution in [0.3, 0.4) is 0 Å². The topological polar surface area (TPSA) is 23.6 Å². The van der Waals surface area contributed by atoms with Crippen molar-refractivity contribution in [2.24, 2.45) is 0 Å². The third-order valence-corrected chi connectivity index (χ3v) is 3.80. The molecule has 0 radical (unpaired) electrons. The summed E-state index contributed by atoms with van der Waals surface area (Å²) < 4.78 is 0. The van der Waals surface area contributed by atoms with Gasteiger partial charge in [0.1, 0.15) is 0 Å². The normalized spacial score (nSPS) is 20.1. The van der Waals surface area contributed by atoms with Crippen molar-refractivity contribution in [2.45, 2.75) is 25.8 Å². The molecule has 0 amide bonds. The van der Waals surface area contributed by atoms with Crippen LogP contribution in [0.25, 0.3) is 0 Å². The number of likely N-dealkylation sites (N-methyl/N-ethyl adjacent to an activating group) is 1. The van der Waals surface area contributed by atoms with E-state index in [1.54, 1.807) is 0 Å². The van der Waals surface area contributed by atoms with Gasteiger partial charge in [0.05, 0.1) is 6.54 Å². The van der Waals surface area contributed by atoms with Gasteiger partial charge in [0.2, 0.25) is 0 Å². The number of hydrogen-bond donors (Lipinski definition) is 0. The number of likely N-dealkylation sites (tertiary alicyclic amines) is 1. The first-order valence-electron chi connectivity index (χ1n) is 7.05. The van der Waals surface area contributed by atoms with Crippen molar-refractivity contribution in [3.05, 3.63) is 35.4 Å². The number of Topliss-reactive ketones (excluding diaryl/α,β-unsaturated/α-hetero) is 1. The van der Waals surface area contributed by atoms with Crippen LogP contribution in [0.15, 0.2) is 24.3 Å². The van der Waals surface area contributed by atoms with Gasteiger partial charge in [0.15, 0.2) is 5.78 Å². The van der Waals surface area contributed by atoms with Gasteiger partial charge in [-0.05, 0) is 40.4 Å². The zero-order chi connectivity index (χ0) is 13.8. The molecule has 3 heteroatoms. The van der Waals surface area contributed by atoms with Crippen molar-refractivity contribution in [2.75, 3.05) is 33.7 Å². The fraction of sp³-hybridized carbons (Fsp3) is 0.562. The molecule has 0 aliphatic carbocycles. The Morgan fingerprint density at radius 2 is 2.00 bits per heavy atom. The predicted octanol–water partition coefficient (Wildman–Crippen LogP) is 2.20. The molecular formula is C16H24N2O. The lowest BCUT2D eigenvalue weighted by atomic mass is 10.1. The van der Waals surface area contributed by atoms with Gasteiger partial charge in [-0.15, -0.1) is 0 Å². The van der Waals surface area contributed by atoms with Crippen LogP contribution in [-0.4, -0.2) is 55.4 Å². The van der Waals surface area contributed by atoms with Gasteiger partial charge < -0.3 is 4.90 Å². The Labute approximate surface area is 116 Å². The number of carbonyl (C=O) groups is 1. The Morgan fingerprint density at radius 3 is 2.63 bits per heavy atom. The molecule has 0 N–H and O–H groups in total. The summed E-state index contributed by atoms with van der Waals surface area (Å²) in [6, 6.07) is 8.43. The van der Waals surface area contributed by atoms with Crippen molar-refractivity contribution in [1.29, 1.82) is 0 Å². The van der Waals surface area contributed by atoms with E-state index in [9.17, 15) is 4.79 Å². The molecule has 0 saturated carbocycles. The van der Waals surface area contributed by atoms with Gasteiger partial charge in [-0.3, -0.25) is 9.69 Å². The van der Waals surface area contributed by atoms with E-state index in [-0.39, 0.29) is 5.78 Å². The zero-order valence-electron chi connectivity index (χ0n) is 12.2. The lowest BCUT2D eigenvalue weighted by molar-refractivity contribution is 0.0910. The second kappa shape index (κ2) is 6.31. The zero-order valence-corrected chi connectivity index (χ0v) is 12.2. The van der Waals surface area contributed by atoms with Crippen molar-refractivity contribution < 1.29 is 4.79 Å². The van der Waals surface area contributed by atoms with Gasteiger partial charge >= 0.3 is 0 Å². The fourth-order valence-electron chi connectivity index (χ4n) is 2.75. The summed E-state index contributed by atoms with van der Waals surface area (Å²) in [4.78, 5) is 16.8. The summed E-state index contributed by atoms with van der Waals surface area (Å²) in [7, 11) is 4.19. The molecule has 3 nitrogen and oxygen atoms in total. The van der Waals surface area contributed by atoms with Crippen molar-refractivity contribution in [3.8, 4) is 0 Å². The van der Waals surface area contributed by atoms with Crippen molar-refractivity contribution in [3.63, 3.8) is 0 Å². The summed E-state index contributed by atoms with van der Waals surface area (Å²) in [5.41, 5.74) is 2.03. The summed E-state index contributed by atoms with van der Waals surface area (Å²) in [5.74, 6) is 0.241. The van der Waals surface area contributed by atoms with E-state index >= 15 is 0 Å². The molecule has 0 spiro atoms. The van der Waals surface area contributed by atoms with E-state index in [1.807, 2.05) is 31.2 Å². The number of benzene rings is 1. The lowest BCUT2D eigenvalue weighted by Crippen LogP contribution is -2.40. The molecule has 2 rings (SSSR count). The van der Waals surface area contributed by atoms with E-state index in [2.05, 4.69) is 23.9 Å². The van der Waals surface area contributed by atoms with Gasteiger partial charge in [0.25, 0.3) is 0 Å². The standard InChI is InChI=1S/C16H24N2O/c1-13-6-8-14(9-7-13)16(19)12-18-10-4-5-15(18)11-17(2)3/h6-9,15H,4-5,10-12H2,1-3H3. The molecular weight excluding hydrogens is 236 g/mol. The third kappa shape index (κ3) is 3.88.